The maximum atomic E-state index is 5.99. The number of benzene rings is 1. The summed E-state index contributed by atoms with van der Waals surface area (Å²) in [6.45, 7) is 6.81. The molecule has 1 unspecified atom stereocenters. The van der Waals surface area contributed by atoms with Gasteiger partial charge in [0.15, 0.2) is 0 Å². The van der Waals surface area contributed by atoms with Gasteiger partial charge in [0.1, 0.15) is 0 Å². The zero-order valence-corrected chi connectivity index (χ0v) is 12.7. The molecule has 0 aliphatic carbocycles. The third-order valence-electron chi connectivity index (χ3n) is 3.74. The first-order chi connectivity index (χ1) is 9.52. The molecule has 1 heterocycles. The highest BCUT2D eigenvalue weighted by molar-refractivity contribution is 5.55. The van der Waals surface area contributed by atoms with Crippen LogP contribution in [-0.4, -0.2) is 18.6 Å². The van der Waals surface area contributed by atoms with Crippen LogP contribution in [0.15, 0.2) is 36.5 Å². The van der Waals surface area contributed by atoms with Crippen LogP contribution in [0.5, 0.6) is 0 Å². The lowest BCUT2D eigenvalue weighted by Gasteiger charge is -2.30. The highest BCUT2D eigenvalue weighted by Crippen LogP contribution is 2.28. The minimum Gasteiger partial charge on any atom is -0.366 e. The molecule has 0 saturated carbocycles. The van der Waals surface area contributed by atoms with Gasteiger partial charge in [-0.1, -0.05) is 23.8 Å². The first kappa shape index (κ1) is 14.5. The third-order valence-corrected chi connectivity index (χ3v) is 3.74. The number of nitrogens with zero attached hydrogens (tertiary/aromatic N) is 2. The van der Waals surface area contributed by atoms with E-state index in [2.05, 4.69) is 55.0 Å². The molecule has 106 valence electrons. The van der Waals surface area contributed by atoms with Gasteiger partial charge in [-0.15, -0.1) is 0 Å². The van der Waals surface area contributed by atoms with Crippen molar-refractivity contribution in [3.8, 4) is 0 Å². The summed E-state index contributed by atoms with van der Waals surface area (Å²) in [4.78, 5) is 6.62. The largest absolute Gasteiger partial charge is 0.366 e. The molecule has 0 amide bonds. The number of anilines is 1. The molecule has 0 aliphatic rings. The minimum absolute atomic E-state index is 0.143. The minimum atomic E-state index is 0.143. The van der Waals surface area contributed by atoms with E-state index in [1.807, 2.05) is 19.2 Å². The van der Waals surface area contributed by atoms with Gasteiger partial charge in [0.25, 0.3) is 0 Å². The molecule has 3 heteroatoms. The van der Waals surface area contributed by atoms with Gasteiger partial charge < -0.3 is 10.6 Å². The van der Waals surface area contributed by atoms with E-state index in [-0.39, 0.29) is 6.04 Å². The van der Waals surface area contributed by atoms with Crippen LogP contribution in [0, 0.1) is 20.8 Å². The van der Waals surface area contributed by atoms with Gasteiger partial charge in [-0.2, -0.15) is 0 Å². The second-order valence-corrected chi connectivity index (χ2v) is 5.39. The Bertz CT molecular complexity index is 575. The van der Waals surface area contributed by atoms with Crippen molar-refractivity contribution >= 4 is 5.69 Å². The number of hydrogen-bond donors (Lipinski definition) is 1. The van der Waals surface area contributed by atoms with Crippen molar-refractivity contribution in [3.63, 3.8) is 0 Å². The Hall–Kier alpha value is -1.87. The average molecular weight is 269 g/mol. The molecule has 0 radical (unpaired) electrons. The van der Waals surface area contributed by atoms with E-state index in [1.54, 1.807) is 0 Å². The first-order valence-electron chi connectivity index (χ1n) is 6.95. The number of hydrogen-bond acceptors (Lipinski definition) is 3. The van der Waals surface area contributed by atoms with Crippen molar-refractivity contribution in [1.82, 2.24) is 4.98 Å². The monoisotopic (exact) mass is 269 g/mol. The molecule has 0 fully saturated rings. The summed E-state index contributed by atoms with van der Waals surface area (Å²) in [5.41, 5.74) is 11.9. The normalized spacial score (nSPS) is 12.2. The number of pyridine rings is 1. The van der Waals surface area contributed by atoms with Gasteiger partial charge in [-0.05, 0) is 44.0 Å². The van der Waals surface area contributed by atoms with Crippen LogP contribution < -0.4 is 10.6 Å². The fourth-order valence-electron chi connectivity index (χ4n) is 2.56. The summed E-state index contributed by atoms with van der Waals surface area (Å²) < 4.78 is 0. The predicted molar refractivity (Wildman–Crippen MR) is 85.1 cm³/mol. The highest BCUT2D eigenvalue weighted by atomic mass is 15.1. The van der Waals surface area contributed by atoms with E-state index in [0.29, 0.717) is 6.54 Å². The van der Waals surface area contributed by atoms with E-state index >= 15 is 0 Å². The number of rotatable bonds is 4. The fourth-order valence-corrected chi connectivity index (χ4v) is 2.56. The van der Waals surface area contributed by atoms with Crippen LogP contribution in [0.4, 0.5) is 5.69 Å². The molecule has 0 spiro atoms. The number of aromatic nitrogens is 1. The molecule has 3 nitrogen and oxygen atoms in total. The molecule has 2 N–H and O–H groups in total. The lowest BCUT2D eigenvalue weighted by Crippen LogP contribution is -2.31. The lowest BCUT2D eigenvalue weighted by atomic mass is 10.0. The molecule has 0 bridgehead atoms. The van der Waals surface area contributed by atoms with Gasteiger partial charge in [0, 0.05) is 31.2 Å². The summed E-state index contributed by atoms with van der Waals surface area (Å²) in [6, 6.07) is 10.8. The van der Waals surface area contributed by atoms with E-state index < -0.39 is 0 Å². The van der Waals surface area contributed by atoms with Crippen LogP contribution >= 0.6 is 0 Å². The maximum Gasteiger partial charge on any atom is 0.0676 e. The van der Waals surface area contributed by atoms with E-state index in [4.69, 9.17) is 5.73 Å². The summed E-state index contributed by atoms with van der Waals surface area (Å²) >= 11 is 0. The smallest absolute Gasteiger partial charge is 0.0676 e. The van der Waals surface area contributed by atoms with Gasteiger partial charge in [-0.3, -0.25) is 4.98 Å². The van der Waals surface area contributed by atoms with Gasteiger partial charge in [0.2, 0.25) is 0 Å². The van der Waals surface area contributed by atoms with Gasteiger partial charge in [0.05, 0.1) is 6.04 Å². The average Bonchev–Trinajstić information content (AvgIpc) is 2.41. The second-order valence-electron chi connectivity index (χ2n) is 5.39. The quantitative estimate of drug-likeness (QED) is 0.927. The van der Waals surface area contributed by atoms with Crippen molar-refractivity contribution in [3.05, 3.63) is 58.9 Å². The van der Waals surface area contributed by atoms with Crippen LogP contribution in [0.25, 0.3) is 0 Å². The Kier molecular flexibility index (Phi) is 4.40. The molecule has 2 rings (SSSR count). The van der Waals surface area contributed by atoms with Crippen LogP contribution in [0.3, 0.4) is 0 Å². The number of likely N-dealkylation sites (N-methyl/N-ethyl adjacent to an activating group) is 1. The second kappa shape index (κ2) is 6.06. The highest BCUT2D eigenvalue weighted by Gasteiger charge is 2.17. The Morgan fingerprint density at radius 3 is 2.45 bits per heavy atom. The SMILES string of the molecule is Cc1ccc(N(C)C(CN)c2ccc(C)nc2)c(C)c1. The van der Waals surface area contributed by atoms with E-state index in [0.717, 1.165) is 11.3 Å². The third kappa shape index (κ3) is 2.99. The molecule has 2 aromatic rings. The summed E-state index contributed by atoms with van der Waals surface area (Å²) in [6.07, 6.45) is 1.92. The zero-order valence-electron chi connectivity index (χ0n) is 12.7. The Morgan fingerprint density at radius 1 is 1.15 bits per heavy atom. The van der Waals surface area contributed by atoms with Crippen molar-refractivity contribution in [2.45, 2.75) is 26.8 Å². The molecule has 1 aromatic carbocycles. The summed E-state index contributed by atoms with van der Waals surface area (Å²) in [5, 5.41) is 0. The predicted octanol–water partition coefficient (Wildman–Crippen LogP) is 3.14. The van der Waals surface area contributed by atoms with Crippen molar-refractivity contribution < 1.29 is 0 Å². The molecule has 0 saturated heterocycles. The topological polar surface area (TPSA) is 42.1 Å². The molecular formula is C17H23N3. The van der Waals surface area contributed by atoms with Crippen molar-refractivity contribution in [1.29, 1.82) is 0 Å². The van der Waals surface area contributed by atoms with Gasteiger partial charge in [-0.25, -0.2) is 0 Å². The number of aryl methyl sites for hydroxylation is 3. The number of nitrogens with two attached hydrogens (primary N) is 1. The van der Waals surface area contributed by atoms with E-state index in [9.17, 15) is 0 Å². The van der Waals surface area contributed by atoms with Crippen molar-refractivity contribution in [2.75, 3.05) is 18.5 Å². The van der Waals surface area contributed by atoms with Crippen LogP contribution in [-0.2, 0) is 0 Å². The Morgan fingerprint density at radius 2 is 1.90 bits per heavy atom. The molecular weight excluding hydrogens is 246 g/mol. The molecule has 1 atom stereocenters. The molecule has 20 heavy (non-hydrogen) atoms. The lowest BCUT2D eigenvalue weighted by molar-refractivity contribution is 0.675. The fraction of sp³-hybridized carbons (Fsp3) is 0.353. The van der Waals surface area contributed by atoms with Crippen molar-refractivity contribution in [2.24, 2.45) is 5.73 Å². The molecule has 0 aliphatic heterocycles. The summed E-state index contributed by atoms with van der Waals surface area (Å²) in [5.74, 6) is 0. The van der Waals surface area contributed by atoms with Crippen LogP contribution in [0.1, 0.15) is 28.4 Å². The van der Waals surface area contributed by atoms with Gasteiger partial charge >= 0.3 is 0 Å². The molecule has 1 aromatic heterocycles. The standard InChI is InChI=1S/C17H23N3/c1-12-5-8-16(13(2)9-12)20(4)17(10-18)15-7-6-14(3)19-11-15/h5-9,11,17H,10,18H2,1-4H3. The summed E-state index contributed by atoms with van der Waals surface area (Å²) in [7, 11) is 2.09. The zero-order chi connectivity index (χ0) is 14.7. The Labute approximate surface area is 121 Å². The maximum absolute atomic E-state index is 5.99. The first-order valence-corrected chi connectivity index (χ1v) is 6.95. The van der Waals surface area contributed by atoms with E-state index in [1.165, 1.54) is 16.8 Å². The Balaban J connectivity index is 2.33. The van der Waals surface area contributed by atoms with Crippen LogP contribution in [0.2, 0.25) is 0 Å².